The highest BCUT2D eigenvalue weighted by atomic mass is 16.3. The molecule has 5 rings (SSSR count). The van der Waals surface area contributed by atoms with Gasteiger partial charge in [-0.05, 0) is 63.6 Å². The van der Waals surface area contributed by atoms with Crippen molar-refractivity contribution in [2.75, 3.05) is 33.7 Å². The quantitative estimate of drug-likeness (QED) is 0.535. The zero-order chi connectivity index (χ0) is 22.1. The van der Waals surface area contributed by atoms with Gasteiger partial charge in [0.15, 0.2) is 5.69 Å². The van der Waals surface area contributed by atoms with Crippen molar-refractivity contribution in [1.82, 2.24) is 25.3 Å². The maximum absolute atomic E-state index is 12.8. The van der Waals surface area contributed by atoms with Gasteiger partial charge in [-0.2, -0.15) is 5.10 Å². The molecule has 4 heterocycles. The third kappa shape index (κ3) is 6.01. The summed E-state index contributed by atoms with van der Waals surface area (Å²) in [5.74, 6) is 0.565. The van der Waals surface area contributed by atoms with Gasteiger partial charge in [-0.15, -0.1) is 0 Å². The summed E-state index contributed by atoms with van der Waals surface area (Å²) in [6, 6.07) is 6.42. The Balaban J connectivity index is 0.000000480. The van der Waals surface area contributed by atoms with Gasteiger partial charge in [0, 0.05) is 24.5 Å². The summed E-state index contributed by atoms with van der Waals surface area (Å²) in [5.41, 5.74) is 2.62. The summed E-state index contributed by atoms with van der Waals surface area (Å²) in [5, 5.41) is 25.2. The third-order valence-corrected chi connectivity index (χ3v) is 5.31. The van der Waals surface area contributed by atoms with Gasteiger partial charge in [-0.3, -0.25) is 19.5 Å². The van der Waals surface area contributed by atoms with Crippen molar-refractivity contribution < 1.29 is 24.6 Å². The topological polar surface area (TPSA) is 139 Å². The molecule has 0 unspecified atom stereocenters. The highest BCUT2D eigenvalue weighted by molar-refractivity contribution is 6.04. The lowest BCUT2D eigenvalue weighted by molar-refractivity contribution is -0.123. The molecular formula is C20H29N5O5. The number of piperidine rings is 3. The largest absolute Gasteiger partial charge is 0.483 e. The van der Waals surface area contributed by atoms with Crippen molar-refractivity contribution in [3.8, 4) is 0 Å². The highest BCUT2D eigenvalue weighted by Crippen LogP contribution is 2.28. The maximum Gasteiger partial charge on any atom is 0.290 e. The van der Waals surface area contributed by atoms with Gasteiger partial charge in [0.2, 0.25) is 0 Å². The Labute approximate surface area is 174 Å². The Morgan fingerprint density at radius 3 is 2.43 bits per heavy atom. The van der Waals surface area contributed by atoms with Crippen LogP contribution >= 0.6 is 0 Å². The molecule has 164 valence electrons. The van der Waals surface area contributed by atoms with Gasteiger partial charge < -0.3 is 25.3 Å². The van der Waals surface area contributed by atoms with E-state index in [1.54, 1.807) is 0 Å². The molecule has 1 amide bonds. The molecule has 30 heavy (non-hydrogen) atoms. The molecule has 1 aromatic heterocycles. The molecule has 3 saturated heterocycles. The van der Waals surface area contributed by atoms with E-state index in [1.165, 1.54) is 31.5 Å². The van der Waals surface area contributed by atoms with Gasteiger partial charge in [0.05, 0.1) is 5.52 Å². The fourth-order valence-corrected chi connectivity index (χ4v) is 4.06. The number of hydrogen-bond acceptors (Lipinski definition) is 6. The summed E-state index contributed by atoms with van der Waals surface area (Å²) in [4.78, 5) is 34.1. The lowest BCUT2D eigenvalue weighted by Gasteiger charge is -2.44. The predicted octanol–water partition coefficient (Wildman–Crippen LogP) is 0.850. The van der Waals surface area contributed by atoms with Crippen molar-refractivity contribution in [3.05, 3.63) is 29.5 Å². The van der Waals surface area contributed by atoms with Crippen LogP contribution in [0.1, 0.15) is 28.9 Å². The van der Waals surface area contributed by atoms with Crippen LogP contribution in [0.15, 0.2) is 18.2 Å². The first kappa shape index (κ1) is 23.3. The van der Waals surface area contributed by atoms with Crippen molar-refractivity contribution in [3.63, 3.8) is 0 Å². The van der Waals surface area contributed by atoms with Gasteiger partial charge in [-0.1, -0.05) is 6.07 Å². The van der Waals surface area contributed by atoms with E-state index in [4.69, 9.17) is 19.8 Å². The van der Waals surface area contributed by atoms with Crippen LogP contribution in [0.3, 0.4) is 0 Å². The van der Waals surface area contributed by atoms with Crippen LogP contribution in [0, 0.1) is 5.92 Å². The minimum absolute atomic E-state index is 0.0537. The molecule has 0 radical (unpaired) electrons. The van der Waals surface area contributed by atoms with Crippen LogP contribution in [0.4, 0.5) is 0 Å². The van der Waals surface area contributed by atoms with E-state index in [0.29, 0.717) is 11.6 Å². The van der Waals surface area contributed by atoms with E-state index in [-0.39, 0.29) is 24.9 Å². The van der Waals surface area contributed by atoms with Crippen LogP contribution in [-0.4, -0.2) is 88.8 Å². The van der Waals surface area contributed by atoms with E-state index in [1.807, 2.05) is 20.2 Å². The first-order chi connectivity index (χ1) is 14.4. The zero-order valence-electron chi connectivity index (χ0n) is 17.2. The molecule has 0 aliphatic carbocycles. The number of H-pyrrole nitrogens is 1. The van der Waals surface area contributed by atoms with Crippen molar-refractivity contribution >= 4 is 29.8 Å². The molecule has 4 N–H and O–H groups in total. The molecule has 0 saturated carbocycles. The Kier molecular flexibility index (Phi) is 8.75. The molecule has 2 bridgehead atoms. The number of amides is 1. The number of nitrogens with one attached hydrogen (secondary N) is 2. The fraction of sp³-hybridized carbons (Fsp3) is 0.500. The molecule has 1 atom stereocenters. The van der Waals surface area contributed by atoms with E-state index in [0.717, 1.165) is 24.0 Å². The van der Waals surface area contributed by atoms with Crippen molar-refractivity contribution in [2.45, 2.75) is 25.4 Å². The molecule has 10 nitrogen and oxygen atoms in total. The molecule has 3 aliphatic rings. The van der Waals surface area contributed by atoms with Gasteiger partial charge in [0.25, 0.3) is 18.9 Å². The third-order valence-electron chi connectivity index (χ3n) is 5.31. The lowest BCUT2D eigenvalue weighted by atomic mass is 9.84. The SMILES string of the molecule is CN(C)Cc1ccc2[nH]nc(C(=O)N[C@@H]3CN4CCC3CC4)c2c1.O=CO.O=CO. The number of nitrogens with zero attached hydrogens (tertiary/aromatic N) is 3. The smallest absolute Gasteiger partial charge is 0.290 e. The first-order valence-corrected chi connectivity index (χ1v) is 9.74. The van der Waals surface area contributed by atoms with Gasteiger partial charge in [0.1, 0.15) is 0 Å². The Morgan fingerprint density at radius 2 is 1.90 bits per heavy atom. The second-order valence-electron chi connectivity index (χ2n) is 7.62. The number of hydrogen-bond donors (Lipinski definition) is 4. The summed E-state index contributed by atoms with van der Waals surface area (Å²) in [6.45, 7) is 3.68. The normalized spacial score (nSPS) is 21.8. The number of fused-ring (bicyclic) bond motifs is 4. The van der Waals surface area contributed by atoms with E-state index in [2.05, 4.69) is 37.4 Å². The fourth-order valence-electron chi connectivity index (χ4n) is 4.06. The average Bonchev–Trinajstić information content (AvgIpc) is 3.13. The molecular weight excluding hydrogens is 390 g/mol. The summed E-state index contributed by atoms with van der Waals surface area (Å²) in [6.07, 6.45) is 2.39. The Hall–Kier alpha value is -2.98. The van der Waals surface area contributed by atoms with Crippen LogP contribution in [0.25, 0.3) is 10.9 Å². The predicted molar refractivity (Wildman–Crippen MR) is 111 cm³/mol. The maximum atomic E-state index is 12.8. The second kappa shape index (κ2) is 11.3. The molecule has 2 aromatic rings. The molecule has 1 aromatic carbocycles. The Bertz CT molecular complexity index is 839. The standard InChI is InChI=1S/C18H25N5O.2CH2O2/c1-22(2)10-12-3-4-15-14(9-12)17(21-20-15)18(24)19-16-11-23-7-5-13(16)6-8-23;2*2-1-3/h3-4,9,13,16H,5-8,10-11H2,1-2H3,(H,19,24)(H,20,21);2*1H,(H,2,3)/t16-;;/m1../s1. The number of carbonyl (C=O) groups is 3. The number of benzene rings is 1. The van der Waals surface area contributed by atoms with Crippen LogP contribution in [0.2, 0.25) is 0 Å². The van der Waals surface area contributed by atoms with Crippen LogP contribution < -0.4 is 5.32 Å². The van der Waals surface area contributed by atoms with Crippen LogP contribution in [0.5, 0.6) is 0 Å². The first-order valence-electron chi connectivity index (χ1n) is 9.74. The molecule has 3 fully saturated rings. The lowest BCUT2D eigenvalue weighted by Crippen LogP contribution is -2.57. The zero-order valence-corrected chi connectivity index (χ0v) is 17.2. The van der Waals surface area contributed by atoms with Gasteiger partial charge in [-0.25, -0.2) is 0 Å². The van der Waals surface area contributed by atoms with E-state index < -0.39 is 0 Å². The van der Waals surface area contributed by atoms with Crippen LogP contribution in [-0.2, 0) is 16.1 Å². The van der Waals surface area contributed by atoms with Gasteiger partial charge >= 0.3 is 0 Å². The number of aromatic nitrogens is 2. The minimum atomic E-state index is -0.250. The van der Waals surface area contributed by atoms with E-state index in [9.17, 15) is 4.79 Å². The minimum Gasteiger partial charge on any atom is -0.483 e. The van der Waals surface area contributed by atoms with Crippen molar-refractivity contribution in [2.24, 2.45) is 5.92 Å². The number of carbonyl (C=O) groups excluding carboxylic acids is 1. The monoisotopic (exact) mass is 419 g/mol. The van der Waals surface area contributed by atoms with E-state index >= 15 is 0 Å². The highest BCUT2D eigenvalue weighted by Gasteiger charge is 2.35. The average molecular weight is 419 g/mol. The molecule has 3 aliphatic heterocycles. The molecule has 10 heteroatoms. The summed E-state index contributed by atoms with van der Waals surface area (Å²) in [7, 11) is 4.08. The van der Waals surface area contributed by atoms with Crippen molar-refractivity contribution in [1.29, 1.82) is 0 Å². The number of carboxylic acid groups (broad SMARTS) is 2. The number of rotatable bonds is 4. The number of aromatic amines is 1. The molecule has 0 spiro atoms. The summed E-state index contributed by atoms with van der Waals surface area (Å²) < 4.78 is 0. The summed E-state index contributed by atoms with van der Waals surface area (Å²) >= 11 is 0. The second-order valence-corrected chi connectivity index (χ2v) is 7.62. The Morgan fingerprint density at radius 1 is 1.27 bits per heavy atom.